The van der Waals surface area contributed by atoms with Gasteiger partial charge in [-0.15, -0.1) is 0 Å². The molecule has 334 valence electrons. The molecular weight excluding hydrogens is 810 g/mol. The SMILES string of the molecule is CC(C)(C)c1ccc(N2c3ccc(C(C)(C)C)cc3B3c4cc(C(C)(C)c5ccccc5)ccc4N(c4ccccc4C(C)(C)C)c4cc(N(c5ccccc5)c5ccccc5)cc2c43)cc1. The molecule has 67 heavy (non-hydrogen) atoms. The number of benzene rings is 8. The largest absolute Gasteiger partial charge is 0.311 e. The third-order valence-corrected chi connectivity index (χ3v) is 14.4. The van der Waals surface area contributed by atoms with Crippen molar-refractivity contribution in [2.75, 3.05) is 14.7 Å². The van der Waals surface area contributed by atoms with Gasteiger partial charge in [-0.1, -0.05) is 197 Å². The lowest BCUT2D eigenvalue weighted by molar-refractivity contribution is 0.590. The van der Waals surface area contributed by atoms with Gasteiger partial charge in [0.15, 0.2) is 0 Å². The summed E-state index contributed by atoms with van der Waals surface area (Å²) in [5, 5.41) is 0. The molecule has 0 atom stereocenters. The fraction of sp³-hybridized carbons (Fsp3) is 0.238. The van der Waals surface area contributed by atoms with Crippen molar-refractivity contribution in [1.29, 1.82) is 0 Å². The summed E-state index contributed by atoms with van der Waals surface area (Å²) in [5.41, 5.74) is 20.6. The van der Waals surface area contributed by atoms with Crippen molar-refractivity contribution >= 4 is 74.3 Å². The zero-order chi connectivity index (χ0) is 47.0. The molecule has 0 saturated heterocycles. The van der Waals surface area contributed by atoms with Crippen molar-refractivity contribution in [2.24, 2.45) is 0 Å². The molecule has 0 saturated carbocycles. The number of fused-ring (bicyclic) bond motifs is 4. The molecule has 0 amide bonds. The quantitative estimate of drug-likeness (QED) is 0.148. The molecule has 0 fully saturated rings. The Labute approximate surface area is 400 Å². The number of hydrogen-bond acceptors (Lipinski definition) is 3. The highest BCUT2D eigenvalue weighted by Gasteiger charge is 2.45. The van der Waals surface area contributed by atoms with E-state index >= 15 is 0 Å². The van der Waals surface area contributed by atoms with Crippen LogP contribution in [-0.2, 0) is 21.7 Å². The first-order valence-electron chi connectivity index (χ1n) is 24.1. The third kappa shape index (κ3) is 7.75. The molecule has 0 unspecified atom stereocenters. The second kappa shape index (κ2) is 16.2. The fourth-order valence-electron chi connectivity index (χ4n) is 10.5. The van der Waals surface area contributed by atoms with Gasteiger partial charge in [0.25, 0.3) is 6.71 Å². The minimum Gasteiger partial charge on any atom is -0.311 e. The maximum absolute atomic E-state index is 2.61. The van der Waals surface area contributed by atoms with E-state index in [-0.39, 0.29) is 28.4 Å². The fourth-order valence-corrected chi connectivity index (χ4v) is 10.5. The minimum absolute atomic E-state index is 0.0197. The van der Waals surface area contributed by atoms with E-state index in [4.69, 9.17) is 0 Å². The Morgan fingerprint density at radius 1 is 0.343 bits per heavy atom. The summed E-state index contributed by atoms with van der Waals surface area (Å²) < 4.78 is 0. The predicted molar refractivity (Wildman–Crippen MR) is 290 cm³/mol. The number of hydrogen-bond donors (Lipinski definition) is 0. The summed E-state index contributed by atoms with van der Waals surface area (Å²) in [6.07, 6.45) is 0. The van der Waals surface area contributed by atoms with Crippen LogP contribution in [0.15, 0.2) is 188 Å². The van der Waals surface area contributed by atoms with Gasteiger partial charge in [0, 0.05) is 50.9 Å². The second-order valence-electron chi connectivity index (χ2n) is 22.4. The first-order valence-corrected chi connectivity index (χ1v) is 24.1. The van der Waals surface area contributed by atoms with Gasteiger partial charge in [0.05, 0.1) is 5.69 Å². The summed E-state index contributed by atoms with van der Waals surface area (Å²) in [6, 6.07) is 70.8. The first-order chi connectivity index (χ1) is 31.9. The normalized spacial score (nSPS) is 13.5. The molecule has 2 aliphatic rings. The monoisotopic (exact) mass is 874 g/mol. The topological polar surface area (TPSA) is 9.72 Å². The van der Waals surface area contributed by atoms with Gasteiger partial charge in [-0.3, -0.25) is 0 Å². The zero-order valence-corrected chi connectivity index (χ0v) is 41.3. The van der Waals surface area contributed by atoms with Crippen LogP contribution in [0.25, 0.3) is 0 Å². The van der Waals surface area contributed by atoms with Crippen LogP contribution in [0.5, 0.6) is 0 Å². The smallest absolute Gasteiger partial charge is 0.252 e. The molecule has 8 aromatic rings. The molecule has 8 aromatic carbocycles. The average molecular weight is 874 g/mol. The molecule has 0 bridgehead atoms. The highest BCUT2D eigenvalue weighted by Crippen LogP contribution is 2.50. The van der Waals surface area contributed by atoms with Gasteiger partial charge >= 0.3 is 0 Å². The van der Waals surface area contributed by atoms with E-state index < -0.39 is 0 Å². The van der Waals surface area contributed by atoms with E-state index in [0.717, 1.165) is 22.7 Å². The van der Waals surface area contributed by atoms with E-state index in [0.29, 0.717) is 0 Å². The van der Waals surface area contributed by atoms with Crippen LogP contribution in [0, 0.1) is 0 Å². The molecule has 2 aliphatic heterocycles. The summed E-state index contributed by atoms with van der Waals surface area (Å²) in [6.45, 7) is 25.7. The van der Waals surface area contributed by atoms with Crippen LogP contribution in [0.4, 0.5) is 51.2 Å². The lowest BCUT2D eigenvalue weighted by Crippen LogP contribution is -2.61. The Hall–Kier alpha value is -6.78. The second-order valence-corrected chi connectivity index (χ2v) is 22.4. The van der Waals surface area contributed by atoms with E-state index in [2.05, 4.69) is 279 Å². The van der Waals surface area contributed by atoms with Gasteiger partial charge < -0.3 is 14.7 Å². The average Bonchev–Trinajstić information content (AvgIpc) is 3.31. The van der Waals surface area contributed by atoms with Crippen LogP contribution in [0.2, 0.25) is 0 Å². The van der Waals surface area contributed by atoms with Crippen molar-refractivity contribution in [3.05, 3.63) is 216 Å². The molecule has 0 N–H and O–H groups in total. The van der Waals surface area contributed by atoms with Crippen molar-refractivity contribution in [3.63, 3.8) is 0 Å². The summed E-state index contributed by atoms with van der Waals surface area (Å²) in [4.78, 5) is 7.61. The first kappa shape index (κ1) is 44.1. The Morgan fingerprint density at radius 3 is 1.36 bits per heavy atom. The molecule has 10 rings (SSSR count). The van der Waals surface area contributed by atoms with Gasteiger partial charge in [-0.2, -0.15) is 0 Å². The maximum Gasteiger partial charge on any atom is 0.252 e. The maximum atomic E-state index is 2.61. The van der Waals surface area contributed by atoms with Crippen LogP contribution in [0.3, 0.4) is 0 Å². The molecule has 0 aromatic heterocycles. The lowest BCUT2D eigenvalue weighted by atomic mass is 9.33. The predicted octanol–water partition coefficient (Wildman–Crippen LogP) is 15.5. The van der Waals surface area contributed by atoms with Crippen molar-refractivity contribution in [3.8, 4) is 0 Å². The van der Waals surface area contributed by atoms with Gasteiger partial charge in [0.1, 0.15) is 0 Å². The van der Waals surface area contributed by atoms with Gasteiger partial charge in [-0.05, 0) is 127 Å². The third-order valence-electron chi connectivity index (χ3n) is 14.4. The van der Waals surface area contributed by atoms with Crippen molar-refractivity contribution in [1.82, 2.24) is 0 Å². The van der Waals surface area contributed by atoms with Crippen LogP contribution in [0.1, 0.15) is 104 Å². The Morgan fingerprint density at radius 2 is 0.806 bits per heavy atom. The van der Waals surface area contributed by atoms with E-state index in [9.17, 15) is 0 Å². The summed E-state index contributed by atoms with van der Waals surface area (Å²) >= 11 is 0. The zero-order valence-electron chi connectivity index (χ0n) is 41.3. The molecule has 2 heterocycles. The minimum atomic E-state index is -0.241. The van der Waals surface area contributed by atoms with Crippen LogP contribution >= 0.6 is 0 Å². The molecule has 0 spiro atoms. The summed E-state index contributed by atoms with van der Waals surface area (Å²) in [5.74, 6) is 0. The Bertz CT molecular complexity index is 3060. The molecule has 3 nitrogen and oxygen atoms in total. The number of para-hydroxylation sites is 3. The Balaban J connectivity index is 1.36. The number of nitrogens with zero attached hydrogens (tertiary/aromatic N) is 3. The highest BCUT2D eigenvalue weighted by atomic mass is 15.2. The van der Waals surface area contributed by atoms with Crippen LogP contribution < -0.4 is 31.1 Å². The number of rotatable bonds is 7. The highest BCUT2D eigenvalue weighted by molar-refractivity contribution is 7.00. The molecule has 4 heteroatoms. The van der Waals surface area contributed by atoms with E-state index in [1.165, 1.54) is 72.6 Å². The lowest BCUT2D eigenvalue weighted by Gasteiger charge is -2.46. The van der Waals surface area contributed by atoms with Gasteiger partial charge in [0.2, 0.25) is 0 Å². The summed E-state index contributed by atoms with van der Waals surface area (Å²) in [7, 11) is 0. The van der Waals surface area contributed by atoms with Crippen molar-refractivity contribution in [2.45, 2.75) is 97.8 Å². The number of anilines is 9. The van der Waals surface area contributed by atoms with Crippen molar-refractivity contribution < 1.29 is 0 Å². The van der Waals surface area contributed by atoms with E-state index in [1.54, 1.807) is 0 Å². The molecule has 0 aliphatic carbocycles. The van der Waals surface area contributed by atoms with E-state index in [1.807, 2.05) is 0 Å². The van der Waals surface area contributed by atoms with Gasteiger partial charge in [-0.25, -0.2) is 0 Å². The molecule has 0 radical (unpaired) electrons. The van der Waals surface area contributed by atoms with Crippen LogP contribution in [-0.4, -0.2) is 6.71 Å². The standard InChI is InChI=1S/C63H64BN3/c1-60(2,3)43-31-35-49(36-32-43)66-55-37-33-45(61(4,5)6)39-52(55)64-53-40-46(63(10,11)44-23-15-12-16-24-44)34-38-56(53)67(54-30-22-21-29-51(54)62(7,8)9)58-42-50(41-57(66)59(58)64)65(47-25-17-13-18-26-47)48-27-19-14-20-28-48/h12-42H,1-11H3. The molecular formula is C63H64BN3. The Kier molecular flexibility index (Phi) is 10.7.